The molecule has 4 aromatic rings. The van der Waals surface area contributed by atoms with Gasteiger partial charge in [-0.2, -0.15) is 5.10 Å². The number of hydrogen-bond acceptors (Lipinski definition) is 4. The number of amides is 1. The maximum atomic E-state index is 12.9. The summed E-state index contributed by atoms with van der Waals surface area (Å²) in [6.45, 7) is 5.93. The van der Waals surface area contributed by atoms with E-state index in [0.717, 1.165) is 21.5 Å². The highest BCUT2D eigenvalue weighted by Crippen LogP contribution is 2.28. The number of nitrogens with zero attached hydrogens (tertiary/aromatic N) is 2. The number of aryl methyl sites for hydroxylation is 2. The molecule has 0 fully saturated rings. The van der Waals surface area contributed by atoms with Gasteiger partial charge in [-0.25, -0.2) is 4.68 Å². The fourth-order valence-electron chi connectivity index (χ4n) is 3.48. The molecular formula is C24H23N3O2S. The molecule has 0 aliphatic rings. The van der Waals surface area contributed by atoms with E-state index in [0.29, 0.717) is 5.39 Å². The molecule has 4 rings (SSSR count). The van der Waals surface area contributed by atoms with Crippen molar-refractivity contribution in [3.63, 3.8) is 0 Å². The molecule has 0 radical (unpaired) electrons. The minimum absolute atomic E-state index is 0.128. The van der Waals surface area contributed by atoms with E-state index in [1.807, 2.05) is 48.7 Å². The molecule has 5 nitrogen and oxygen atoms in total. The van der Waals surface area contributed by atoms with Gasteiger partial charge in [-0.05, 0) is 55.0 Å². The first kappa shape index (κ1) is 20.0. The summed E-state index contributed by atoms with van der Waals surface area (Å²) in [4.78, 5) is 26.6. The van der Waals surface area contributed by atoms with Crippen molar-refractivity contribution in [2.45, 2.75) is 33.4 Å². The highest BCUT2D eigenvalue weighted by atomic mass is 32.1. The third kappa shape index (κ3) is 3.91. The summed E-state index contributed by atoms with van der Waals surface area (Å²) in [6.07, 6.45) is 0. The number of hydrogen-bond donors (Lipinski definition) is 1. The second kappa shape index (κ2) is 8.24. The molecule has 0 bridgehead atoms. The first-order chi connectivity index (χ1) is 14.4. The van der Waals surface area contributed by atoms with Gasteiger partial charge < -0.3 is 5.32 Å². The van der Waals surface area contributed by atoms with Crippen molar-refractivity contribution in [1.82, 2.24) is 15.1 Å². The van der Waals surface area contributed by atoms with E-state index in [1.165, 1.54) is 15.8 Å². The molecule has 2 aromatic heterocycles. The summed E-state index contributed by atoms with van der Waals surface area (Å²) in [5.41, 5.74) is 3.88. The van der Waals surface area contributed by atoms with Crippen LogP contribution >= 0.6 is 11.3 Å². The van der Waals surface area contributed by atoms with Crippen LogP contribution in [0.5, 0.6) is 0 Å². The van der Waals surface area contributed by atoms with Crippen LogP contribution in [-0.2, 0) is 11.3 Å². The third-order valence-electron chi connectivity index (χ3n) is 5.32. The van der Waals surface area contributed by atoms with Crippen LogP contribution in [-0.4, -0.2) is 15.7 Å². The first-order valence-electron chi connectivity index (χ1n) is 9.84. The Bertz CT molecular complexity index is 1280. The molecule has 0 saturated heterocycles. The normalized spacial score (nSPS) is 12.1. The minimum atomic E-state index is -0.264. The zero-order valence-corrected chi connectivity index (χ0v) is 18.0. The smallest absolute Gasteiger partial charge is 0.275 e. The van der Waals surface area contributed by atoms with Crippen molar-refractivity contribution in [3.8, 4) is 10.6 Å². The number of nitrogens with one attached hydrogen (secondary N) is 1. The number of carbonyl (C=O) groups excluding carboxylic acids is 1. The van der Waals surface area contributed by atoms with Crippen molar-refractivity contribution in [2.24, 2.45) is 0 Å². The average molecular weight is 418 g/mol. The van der Waals surface area contributed by atoms with E-state index in [9.17, 15) is 9.59 Å². The van der Waals surface area contributed by atoms with Gasteiger partial charge in [0.1, 0.15) is 12.2 Å². The lowest BCUT2D eigenvalue weighted by molar-refractivity contribution is -0.122. The van der Waals surface area contributed by atoms with E-state index in [-0.39, 0.29) is 24.1 Å². The van der Waals surface area contributed by atoms with Crippen molar-refractivity contribution >= 4 is 28.0 Å². The van der Waals surface area contributed by atoms with Gasteiger partial charge >= 0.3 is 0 Å². The summed E-state index contributed by atoms with van der Waals surface area (Å²) >= 11 is 1.56. The molecule has 152 valence electrons. The van der Waals surface area contributed by atoms with Gasteiger partial charge in [0, 0.05) is 5.39 Å². The number of carbonyl (C=O) groups is 1. The van der Waals surface area contributed by atoms with Crippen molar-refractivity contribution in [1.29, 1.82) is 0 Å². The number of thiophene rings is 1. The fraction of sp³-hybridized carbons (Fsp3) is 0.208. The summed E-state index contributed by atoms with van der Waals surface area (Å²) in [6, 6.07) is 17.3. The topological polar surface area (TPSA) is 64.0 Å². The molecular weight excluding hydrogens is 394 g/mol. The van der Waals surface area contributed by atoms with Crippen LogP contribution in [0.15, 0.2) is 64.8 Å². The minimum Gasteiger partial charge on any atom is -0.348 e. The highest BCUT2D eigenvalue weighted by Gasteiger charge is 2.16. The van der Waals surface area contributed by atoms with Crippen molar-refractivity contribution in [2.75, 3.05) is 0 Å². The fourth-order valence-corrected chi connectivity index (χ4v) is 4.20. The molecule has 2 heterocycles. The maximum Gasteiger partial charge on any atom is 0.275 e. The first-order valence-corrected chi connectivity index (χ1v) is 10.7. The summed E-state index contributed by atoms with van der Waals surface area (Å²) in [5, 5.41) is 10.9. The molecule has 1 atom stereocenters. The van der Waals surface area contributed by atoms with Crippen molar-refractivity contribution < 1.29 is 4.79 Å². The van der Waals surface area contributed by atoms with Crippen LogP contribution < -0.4 is 10.9 Å². The van der Waals surface area contributed by atoms with E-state index in [4.69, 9.17) is 0 Å². The number of benzene rings is 2. The largest absolute Gasteiger partial charge is 0.348 e. The molecule has 0 aliphatic carbocycles. The number of rotatable bonds is 5. The second-order valence-corrected chi connectivity index (χ2v) is 8.41. The lowest BCUT2D eigenvalue weighted by Gasteiger charge is -2.16. The van der Waals surface area contributed by atoms with Gasteiger partial charge in [-0.3, -0.25) is 9.59 Å². The van der Waals surface area contributed by atoms with Gasteiger partial charge in [0.05, 0.1) is 16.3 Å². The van der Waals surface area contributed by atoms with Crippen LogP contribution in [0, 0.1) is 13.8 Å². The number of fused-ring (bicyclic) bond motifs is 1. The zero-order chi connectivity index (χ0) is 21.3. The van der Waals surface area contributed by atoms with Gasteiger partial charge in [0.25, 0.3) is 5.56 Å². The molecule has 0 aliphatic heterocycles. The Kier molecular flexibility index (Phi) is 5.50. The van der Waals surface area contributed by atoms with Gasteiger partial charge in [0.15, 0.2) is 0 Å². The van der Waals surface area contributed by atoms with Crippen LogP contribution in [0.3, 0.4) is 0 Å². The molecule has 1 amide bonds. The second-order valence-electron chi connectivity index (χ2n) is 7.47. The average Bonchev–Trinajstić information content (AvgIpc) is 3.26. The Morgan fingerprint density at radius 3 is 2.53 bits per heavy atom. The van der Waals surface area contributed by atoms with E-state index < -0.39 is 0 Å². The molecule has 0 saturated carbocycles. The summed E-state index contributed by atoms with van der Waals surface area (Å²) < 4.78 is 1.26. The Hall–Kier alpha value is -3.25. The van der Waals surface area contributed by atoms with Gasteiger partial charge in [0.2, 0.25) is 5.91 Å². The standard InChI is InChI=1S/C24H23N3O2S/c1-15-10-11-18(13-16(15)2)17(3)25-22(28)14-27-24(29)20-8-5-4-7-19(20)23(26-27)21-9-6-12-30-21/h4-13,17H,14H2,1-3H3,(H,25,28). The lowest BCUT2D eigenvalue weighted by Crippen LogP contribution is -2.35. The molecule has 1 N–H and O–H groups in total. The highest BCUT2D eigenvalue weighted by molar-refractivity contribution is 7.13. The van der Waals surface area contributed by atoms with Gasteiger partial charge in [-0.1, -0.05) is 42.5 Å². The zero-order valence-electron chi connectivity index (χ0n) is 17.2. The Morgan fingerprint density at radius 1 is 1.07 bits per heavy atom. The van der Waals surface area contributed by atoms with Gasteiger partial charge in [-0.15, -0.1) is 11.3 Å². The Balaban J connectivity index is 1.63. The number of aromatic nitrogens is 2. The van der Waals surface area contributed by atoms with Crippen LogP contribution in [0.2, 0.25) is 0 Å². The molecule has 30 heavy (non-hydrogen) atoms. The van der Waals surface area contributed by atoms with Crippen molar-refractivity contribution in [3.05, 3.63) is 87.0 Å². The molecule has 6 heteroatoms. The predicted octanol–water partition coefficient (Wildman–Crippen LogP) is 4.62. The van der Waals surface area contributed by atoms with E-state index in [1.54, 1.807) is 17.4 Å². The summed E-state index contributed by atoms with van der Waals surface area (Å²) in [7, 11) is 0. The van der Waals surface area contributed by atoms with E-state index in [2.05, 4.69) is 36.4 Å². The predicted molar refractivity (Wildman–Crippen MR) is 122 cm³/mol. The van der Waals surface area contributed by atoms with Crippen LogP contribution in [0.1, 0.15) is 29.7 Å². The lowest BCUT2D eigenvalue weighted by atomic mass is 10.0. The molecule has 0 spiro atoms. The van der Waals surface area contributed by atoms with Crippen LogP contribution in [0.4, 0.5) is 0 Å². The third-order valence-corrected chi connectivity index (χ3v) is 6.20. The molecule has 1 unspecified atom stereocenters. The SMILES string of the molecule is Cc1ccc(C(C)NC(=O)Cn2nc(-c3cccs3)c3ccccc3c2=O)cc1C. The summed E-state index contributed by atoms with van der Waals surface area (Å²) in [5.74, 6) is -0.247. The Labute approximate surface area is 179 Å². The van der Waals surface area contributed by atoms with Crippen LogP contribution in [0.25, 0.3) is 21.3 Å². The monoisotopic (exact) mass is 417 g/mol. The molecule has 2 aromatic carbocycles. The maximum absolute atomic E-state index is 12.9. The Morgan fingerprint density at radius 2 is 1.83 bits per heavy atom. The quantitative estimate of drug-likeness (QED) is 0.515. The van der Waals surface area contributed by atoms with E-state index >= 15 is 0 Å².